The van der Waals surface area contributed by atoms with Gasteiger partial charge in [0.1, 0.15) is 13.2 Å². The van der Waals surface area contributed by atoms with Gasteiger partial charge in [0.15, 0.2) is 6.10 Å². The maximum absolute atomic E-state index is 12.9. The number of allylic oxidation sites excluding steroid dienone is 18. The minimum absolute atomic E-state index is 0.0866. The Morgan fingerprint density at radius 2 is 0.534 bits per heavy atom. The van der Waals surface area contributed by atoms with Gasteiger partial charge in [0.2, 0.25) is 0 Å². The number of hydrogen-bond acceptors (Lipinski definition) is 6. The molecule has 6 nitrogen and oxygen atoms in total. The molecular weight excluding hydrogens is 901 g/mol. The number of rotatable bonds is 54. The summed E-state index contributed by atoms with van der Waals surface area (Å²) in [6.07, 6.45) is 82.2. The van der Waals surface area contributed by atoms with Crippen molar-refractivity contribution in [3.05, 3.63) is 109 Å². The number of hydrogen-bond donors (Lipinski definition) is 0. The molecule has 0 saturated heterocycles. The van der Waals surface area contributed by atoms with Gasteiger partial charge in [0, 0.05) is 19.3 Å². The fraction of sp³-hybridized carbons (Fsp3) is 0.687. The van der Waals surface area contributed by atoms with E-state index in [9.17, 15) is 14.4 Å². The molecule has 0 rings (SSSR count). The van der Waals surface area contributed by atoms with E-state index in [1.54, 1.807) is 0 Å². The molecule has 0 aliphatic rings. The Bertz CT molecular complexity index is 1490. The van der Waals surface area contributed by atoms with Gasteiger partial charge >= 0.3 is 17.9 Å². The van der Waals surface area contributed by atoms with Crippen LogP contribution in [-0.2, 0) is 28.6 Å². The molecule has 0 aromatic carbocycles. The molecule has 0 aromatic rings. The van der Waals surface area contributed by atoms with E-state index in [0.717, 1.165) is 135 Å². The zero-order valence-corrected chi connectivity index (χ0v) is 47.6. The van der Waals surface area contributed by atoms with Gasteiger partial charge in [-0.3, -0.25) is 14.4 Å². The normalized spacial score (nSPS) is 12.9. The lowest BCUT2D eigenvalue weighted by Gasteiger charge is -2.18. The number of carbonyl (C=O) groups is 3. The molecule has 0 N–H and O–H groups in total. The van der Waals surface area contributed by atoms with Gasteiger partial charge in [-0.25, -0.2) is 0 Å². The van der Waals surface area contributed by atoms with Crippen LogP contribution >= 0.6 is 0 Å². The topological polar surface area (TPSA) is 78.9 Å². The number of esters is 3. The van der Waals surface area contributed by atoms with E-state index in [0.29, 0.717) is 19.3 Å². The zero-order valence-electron chi connectivity index (χ0n) is 47.6. The highest BCUT2D eigenvalue weighted by atomic mass is 16.6. The summed E-state index contributed by atoms with van der Waals surface area (Å²) in [5.41, 5.74) is 0. The van der Waals surface area contributed by atoms with Gasteiger partial charge in [0.25, 0.3) is 0 Å². The second kappa shape index (κ2) is 60.6. The molecule has 0 amide bonds. The third kappa shape index (κ3) is 58.8. The Labute approximate surface area is 450 Å². The highest BCUT2D eigenvalue weighted by Crippen LogP contribution is 2.15. The maximum atomic E-state index is 12.9. The van der Waals surface area contributed by atoms with Crippen molar-refractivity contribution < 1.29 is 28.6 Å². The molecule has 0 fully saturated rings. The van der Waals surface area contributed by atoms with Gasteiger partial charge in [-0.15, -0.1) is 0 Å². The molecule has 73 heavy (non-hydrogen) atoms. The fourth-order valence-corrected chi connectivity index (χ4v) is 8.22. The van der Waals surface area contributed by atoms with E-state index in [2.05, 4.69) is 130 Å². The van der Waals surface area contributed by atoms with Crippen molar-refractivity contribution in [3.63, 3.8) is 0 Å². The van der Waals surface area contributed by atoms with Crippen molar-refractivity contribution in [2.75, 3.05) is 13.2 Å². The molecule has 416 valence electrons. The molecule has 0 radical (unpaired) electrons. The predicted molar refractivity (Wildman–Crippen MR) is 316 cm³/mol. The van der Waals surface area contributed by atoms with E-state index in [-0.39, 0.29) is 31.1 Å². The summed E-state index contributed by atoms with van der Waals surface area (Å²) in [6, 6.07) is 0. The van der Waals surface area contributed by atoms with Crippen LogP contribution in [0.25, 0.3) is 0 Å². The number of ether oxygens (including phenoxy) is 3. The van der Waals surface area contributed by atoms with Crippen LogP contribution < -0.4 is 0 Å². The largest absolute Gasteiger partial charge is 0.462 e. The van der Waals surface area contributed by atoms with Crippen LogP contribution in [0.15, 0.2) is 109 Å². The molecule has 0 bridgehead atoms. The van der Waals surface area contributed by atoms with Crippen molar-refractivity contribution in [2.24, 2.45) is 0 Å². The van der Waals surface area contributed by atoms with E-state index in [4.69, 9.17) is 14.2 Å². The molecule has 0 saturated carbocycles. The quantitative estimate of drug-likeness (QED) is 0.0261. The second-order valence-corrected chi connectivity index (χ2v) is 19.9. The molecule has 1 unspecified atom stereocenters. The first-order valence-corrected chi connectivity index (χ1v) is 30.4. The molecule has 6 heteroatoms. The van der Waals surface area contributed by atoms with Gasteiger partial charge < -0.3 is 14.2 Å². The first-order chi connectivity index (χ1) is 36.0. The first kappa shape index (κ1) is 69.1. The lowest BCUT2D eigenvalue weighted by atomic mass is 10.1. The van der Waals surface area contributed by atoms with Crippen LogP contribution in [-0.4, -0.2) is 37.2 Å². The zero-order chi connectivity index (χ0) is 52.9. The lowest BCUT2D eigenvalue weighted by molar-refractivity contribution is -0.167. The summed E-state index contributed by atoms with van der Waals surface area (Å²) in [4.78, 5) is 38.2. The lowest BCUT2D eigenvalue weighted by Crippen LogP contribution is -2.30. The number of carbonyl (C=O) groups excluding carboxylic acids is 3. The van der Waals surface area contributed by atoms with Crippen LogP contribution in [0.1, 0.15) is 278 Å². The van der Waals surface area contributed by atoms with Gasteiger partial charge in [0.05, 0.1) is 0 Å². The van der Waals surface area contributed by atoms with Crippen molar-refractivity contribution in [3.8, 4) is 0 Å². The summed E-state index contributed by atoms with van der Waals surface area (Å²) in [6.45, 7) is 6.48. The minimum atomic E-state index is -0.791. The predicted octanol–water partition coefficient (Wildman–Crippen LogP) is 20.7. The Kier molecular flexibility index (Phi) is 57.4. The highest BCUT2D eigenvalue weighted by molar-refractivity contribution is 5.71. The van der Waals surface area contributed by atoms with Crippen LogP contribution in [0.5, 0.6) is 0 Å². The molecule has 0 aromatic heterocycles. The van der Waals surface area contributed by atoms with Crippen molar-refractivity contribution >= 4 is 17.9 Å². The molecule has 1 atom stereocenters. The van der Waals surface area contributed by atoms with Crippen molar-refractivity contribution in [2.45, 2.75) is 284 Å². The fourth-order valence-electron chi connectivity index (χ4n) is 8.22. The molecule has 0 aliphatic carbocycles. The van der Waals surface area contributed by atoms with Crippen molar-refractivity contribution in [1.29, 1.82) is 0 Å². The SMILES string of the molecule is CC/C=C\C/C=C\C/C=C\C/C=C\C/C=C\C/C=C\C/C=C\CCCCCCCC(=O)OCC(COC(=O)CCCCCCCCCCCCC)OC(=O)CCCCCCCCC/C=C\C/C=C\CCCCC. The minimum Gasteiger partial charge on any atom is -0.462 e. The van der Waals surface area contributed by atoms with E-state index in [1.165, 1.54) is 103 Å². The van der Waals surface area contributed by atoms with E-state index < -0.39 is 6.10 Å². The molecule has 0 aliphatic heterocycles. The Morgan fingerprint density at radius 3 is 0.863 bits per heavy atom. The average Bonchev–Trinajstić information content (AvgIpc) is 3.39. The van der Waals surface area contributed by atoms with Gasteiger partial charge in [-0.1, -0.05) is 259 Å². The molecular formula is C67H112O6. The maximum Gasteiger partial charge on any atom is 0.306 e. The van der Waals surface area contributed by atoms with E-state index in [1.807, 2.05) is 0 Å². The van der Waals surface area contributed by atoms with Crippen LogP contribution in [0.3, 0.4) is 0 Å². The van der Waals surface area contributed by atoms with Gasteiger partial charge in [-0.05, 0) is 109 Å². The van der Waals surface area contributed by atoms with Crippen LogP contribution in [0, 0.1) is 0 Å². The van der Waals surface area contributed by atoms with Gasteiger partial charge in [-0.2, -0.15) is 0 Å². The van der Waals surface area contributed by atoms with E-state index >= 15 is 0 Å². The monoisotopic (exact) mass is 1010 g/mol. The second-order valence-electron chi connectivity index (χ2n) is 19.9. The summed E-state index contributed by atoms with van der Waals surface area (Å²) in [5.74, 6) is -0.911. The standard InChI is InChI=1S/C67H112O6/c1-4-7-10-13-16-19-22-24-26-28-29-30-31-32-33-34-35-36-37-39-40-42-45-48-51-54-57-60-66(69)72-63-64(62-71-65(68)59-56-53-50-47-44-21-18-15-12-9-6-3)73-67(70)61-58-55-52-49-46-43-41-38-27-25-23-20-17-14-11-8-5-2/h7,10,16-17,19-20,24-27,29-30,32-33,35-36,39-40,64H,4-6,8-9,11-15,18,21-23,28,31,34,37-38,41-63H2,1-3H3/b10-7-,19-16-,20-17-,26-24-,27-25-,30-29-,33-32-,36-35-,40-39-. The third-order valence-corrected chi connectivity index (χ3v) is 12.8. The first-order valence-electron chi connectivity index (χ1n) is 30.4. The molecule has 0 spiro atoms. The summed E-state index contributed by atoms with van der Waals surface area (Å²) in [7, 11) is 0. The average molecular weight is 1010 g/mol. The Morgan fingerprint density at radius 1 is 0.288 bits per heavy atom. The van der Waals surface area contributed by atoms with Crippen LogP contribution in [0.4, 0.5) is 0 Å². The third-order valence-electron chi connectivity index (χ3n) is 12.8. The number of unbranched alkanes of at least 4 members (excludes halogenated alkanes) is 25. The summed E-state index contributed by atoms with van der Waals surface area (Å²) < 4.78 is 16.9. The smallest absolute Gasteiger partial charge is 0.306 e. The summed E-state index contributed by atoms with van der Waals surface area (Å²) >= 11 is 0. The summed E-state index contributed by atoms with van der Waals surface area (Å²) in [5, 5.41) is 0. The highest BCUT2D eigenvalue weighted by Gasteiger charge is 2.19. The Balaban J connectivity index is 4.35. The molecule has 0 heterocycles. The Hall–Kier alpha value is -3.93. The van der Waals surface area contributed by atoms with Crippen molar-refractivity contribution in [1.82, 2.24) is 0 Å². The van der Waals surface area contributed by atoms with Crippen LogP contribution in [0.2, 0.25) is 0 Å².